The van der Waals surface area contributed by atoms with E-state index in [2.05, 4.69) is 0 Å². The number of amides is 2. The molecule has 5 nitrogen and oxygen atoms in total. The highest BCUT2D eigenvalue weighted by molar-refractivity contribution is 5.79. The van der Waals surface area contributed by atoms with E-state index in [0.29, 0.717) is 6.54 Å². The van der Waals surface area contributed by atoms with Crippen LogP contribution in [-0.4, -0.2) is 29.8 Å². The zero-order chi connectivity index (χ0) is 15.9. The maximum absolute atomic E-state index is 11.0. The number of carbonyl (C=O) groups is 2. The first kappa shape index (κ1) is 15.7. The van der Waals surface area contributed by atoms with Crippen LogP contribution < -0.4 is 11.5 Å². The molecule has 22 heavy (non-hydrogen) atoms. The predicted molar refractivity (Wildman–Crippen MR) is 85.5 cm³/mol. The van der Waals surface area contributed by atoms with Crippen LogP contribution in [0.2, 0.25) is 0 Å². The predicted octanol–water partition coefficient (Wildman–Crippen LogP) is 1.13. The molecule has 0 saturated heterocycles. The van der Waals surface area contributed by atoms with Gasteiger partial charge >= 0.3 is 0 Å². The summed E-state index contributed by atoms with van der Waals surface area (Å²) in [5.41, 5.74) is 13.6. The van der Waals surface area contributed by atoms with Gasteiger partial charge in [0, 0.05) is 6.54 Å². The molecule has 2 aromatic carbocycles. The Bertz CT molecular complexity index is 623. The van der Waals surface area contributed by atoms with Gasteiger partial charge in [0.25, 0.3) is 0 Å². The molecule has 0 aliphatic rings. The van der Waals surface area contributed by atoms with Gasteiger partial charge in [-0.25, -0.2) is 0 Å². The summed E-state index contributed by atoms with van der Waals surface area (Å²) >= 11 is 0. The zero-order valence-corrected chi connectivity index (χ0v) is 12.2. The normalized spacial score (nSPS) is 10.6. The summed E-state index contributed by atoms with van der Waals surface area (Å²) in [7, 11) is 0. The van der Waals surface area contributed by atoms with Crippen molar-refractivity contribution in [3.63, 3.8) is 0 Å². The molecule has 2 rings (SSSR count). The molecule has 2 aromatic rings. The number of hydrogen-bond donors (Lipinski definition) is 2. The lowest BCUT2D eigenvalue weighted by Crippen LogP contribution is -2.39. The molecule has 0 fully saturated rings. The Labute approximate surface area is 129 Å². The van der Waals surface area contributed by atoms with Crippen molar-refractivity contribution < 1.29 is 9.59 Å². The van der Waals surface area contributed by atoms with Gasteiger partial charge in [-0.2, -0.15) is 0 Å². The Morgan fingerprint density at radius 1 is 0.773 bits per heavy atom. The van der Waals surface area contributed by atoms with Gasteiger partial charge in [0.2, 0.25) is 11.8 Å². The summed E-state index contributed by atoms with van der Waals surface area (Å²) in [4.78, 5) is 23.7. The third-order valence-electron chi connectivity index (χ3n) is 3.23. The molecule has 4 N–H and O–H groups in total. The van der Waals surface area contributed by atoms with Crippen LogP contribution in [0.4, 0.5) is 0 Å². The van der Waals surface area contributed by atoms with Gasteiger partial charge < -0.3 is 11.5 Å². The number of hydrogen-bond acceptors (Lipinski definition) is 3. The second kappa shape index (κ2) is 7.38. The second-order valence-electron chi connectivity index (χ2n) is 5.14. The lowest BCUT2D eigenvalue weighted by Gasteiger charge is -2.19. The third kappa shape index (κ3) is 4.71. The van der Waals surface area contributed by atoms with Crippen molar-refractivity contribution in [2.24, 2.45) is 11.5 Å². The molecule has 0 saturated carbocycles. The molecule has 0 heterocycles. The van der Waals surface area contributed by atoms with Crippen LogP contribution in [0.25, 0.3) is 11.1 Å². The number of nitrogens with two attached hydrogens (primary N) is 2. The average Bonchev–Trinajstić information content (AvgIpc) is 2.47. The topological polar surface area (TPSA) is 89.4 Å². The van der Waals surface area contributed by atoms with Crippen LogP contribution in [0.3, 0.4) is 0 Å². The zero-order valence-electron chi connectivity index (χ0n) is 12.2. The van der Waals surface area contributed by atoms with E-state index < -0.39 is 11.8 Å². The first-order chi connectivity index (χ1) is 10.5. The standard InChI is InChI=1S/C17H19N3O2/c18-16(21)11-20(12-17(19)22)10-13-6-8-15(9-7-13)14-4-2-1-3-5-14/h1-9H,10-12H2,(H2,18,21)(H2,19,22). The molecule has 0 radical (unpaired) electrons. The molecule has 0 atom stereocenters. The minimum absolute atomic E-state index is 0.00335. The number of carbonyl (C=O) groups excluding carboxylic acids is 2. The molecule has 114 valence electrons. The third-order valence-corrected chi connectivity index (χ3v) is 3.23. The highest BCUT2D eigenvalue weighted by atomic mass is 16.2. The lowest BCUT2D eigenvalue weighted by molar-refractivity contribution is -0.122. The van der Waals surface area contributed by atoms with Crippen molar-refractivity contribution >= 4 is 11.8 Å². The molecule has 0 aliphatic heterocycles. The van der Waals surface area contributed by atoms with Crippen LogP contribution in [0, 0.1) is 0 Å². The first-order valence-corrected chi connectivity index (χ1v) is 6.98. The Hall–Kier alpha value is -2.66. The Morgan fingerprint density at radius 3 is 1.77 bits per heavy atom. The fourth-order valence-electron chi connectivity index (χ4n) is 2.30. The van der Waals surface area contributed by atoms with Gasteiger partial charge in [0.1, 0.15) is 0 Å². The average molecular weight is 297 g/mol. The first-order valence-electron chi connectivity index (χ1n) is 6.98. The number of benzene rings is 2. The van der Waals surface area contributed by atoms with E-state index in [1.165, 1.54) is 0 Å². The van der Waals surface area contributed by atoms with E-state index in [1.54, 1.807) is 4.90 Å². The highest BCUT2D eigenvalue weighted by Crippen LogP contribution is 2.19. The Morgan fingerprint density at radius 2 is 1.27 bits per heavy atom. The van der Waals surface area contributed by atoms with Gasteiger partial charge in [0.15, 0.2) is 0 Å². The smallest absolute Gasteiger partial charge is 0.231 e. The van der Waals surface area contributed by atoms with Crippen LogP contribution in [0.1, 0.15) is 5.56 Å². The van der Waals surface area contributed by atoms with Gasteiger partial charge in [0.05, 0.1) is 13.1 Å². The molecule has 5 heteroatoms. The quantitative estimate of drug-likeness (QED) is 0.802. The summed E-state index contributed by atoms with van der Waals surface area (Å²) in [5, 5.41) is 0. The lowest BCUT2D eigenvalue weighted by atomic mass is 10.0. The molecular formula is C17H19N3O2. The Balaban J connectivity index is 2.08. The van der Waals surface area contributed by atoms with Crippen LogP contribution in [0.15, 0.2) is 54.6 Å². The maximum atomic E-state index is 11.0. The van der Waals surface area contributed by atoms with Gasteiger partial charge in [-0.1, -0.05) is 54.6 Å². The molecule has 2 amide bonds. The SMILES string of the molecule is NC(=O)CN(CC(N)=O)Cc1ccc(-c2ccccc2)cc1. The minimum atomic E-state index is -0.484. The number of nitrogens with zero attached hydrogens (tertiary/aromatic N) is 1. The van der Waals surface area contributed by atoms with E-state index in [4.69, 9.17) is 11.5 Å². The van der Waals surface area contributed by atoms with Gasteiger partial charge in [-0.3, -0.25) is 14.5 Å². The maximum Gasteiger partial charge on any atom is 0.231 e. The largest absolute Gasteiger partial charge is 0.369 e. The summed E-state index contributed by atoms with van der Waals surface area (Å²) in [6.45, 7) is 0.452. The fraction of sp³-hybridized carbons (Fsp3) is 0.176. The molecular weight excluding hydrogens is 278 g/mol. The van der Waals surface area contributed by atoms with E-state index in [0.717, 1.165) is 16.7 Å². The minimum Gasteiger partial charge on any atom is -0.369 e. The fourth-order valence-corrected chi connectivity index (χ4v) is 2.30. The van der Waals surface area contributed by atoms with Gasteiger partial charge in [-0.05, 0) is 16.7 Å². The van der Waals surface area contributed by atoms with Crippen molar-refractivity contribution in [1.29, 1.82) is 0 Å². The molecule has 0 aromatic heterocycles. The van der Waals surface area contributed by atoms with Crippen molar-refractivity contribution in [2.45, 2.75) is 6.54 Å². The highest BCUT2D eigenvalue weighted by Gasteiger charge is 2.11. The molecule has 0 spiro atoms. The monoisotopic (exact) mass is 297 g/mol. The molecule has 0 unspecified atom stereocenters. The van der Waals surface area contributed by atoms with E-state index in [-0.39, 0.29) is 13.1 Å². The number of primary amides is 2. The van der Waals surface area contributed by atoms with Crippen molar-refractivity contribution in [2.75, 3.05) is 13.1 Å². The van der Waals surface area contributed by atoms with Crippen molar-refractivity contribution in [3.05, 3.63) is 60.2 Å². The second-order valence-corrected chi connectivity index (χ2v) is 5.14. The summed E-state index contributed by atoms with van der Waals surface area (Å²) in [5.74, 6) is -0.968. The van der Waals surface area contributed by atoms with Crippen LogP contribution in [0.5, 0.6) is 0 Å². The van der Waals surface area contributed by atoms with Crippen LogP contribution in [-0.2, 0) is 16.1 Å². The van der Waals surface area contributed by atoms with Gasteiger partial charge in [-0.15, -0.1) is 0 Å². The molecule has 0 aliphatic carbocycles. The molecule has 0 bridgehead atoms. The van der Waals surface area contributed by atoms with Crippen molar-refractivity contribution in [3.8, 4) is 11.1 Å². The summed E-state index contributed by atoms with van der Waals surface area (Å²) in [6.07, 6.45) is 0. The summed E-state index contributed by atoms with van der Waals surface area (Å²) < 4.78 is 0. The Kier molecular flexibility index (Phi) is 5.27. The number of rotatable bonds is 7. The van der Waals surface area contributed by atoms with Crippen molar-refractivity contribution in [1.82, 2.24) is 4.90 Å². The van der Waals surface area contributed by atoms with Crippen LogP contribution >= 0.6 is 0 Å². The van der Waals surface area contributed by atoms with E-state index in [1.807, 2.05) is 54.6 Å². The van der Waals surface area contributed by atoms with E-state index >= 15 is 0 Å². The summed E-state index contributed by atoms with van der Waals surface area (Å²) in [6, 6.07) is 18.0. The van der Waals surface area contributed by atoms with E-state index in [9.17, 15) is 9.59 Å².